The average Bonchev–Trinajstić information content (AvgIpc) is 0.777. The SMILES string of the molecule is CC(C)c1cc(CCC(=O)N/N=C/c2cc(Cc3ccc(O)c(/C=N/NC(=O)CCc4cc(C(C)(C)C)c(O)c(C(C)(C)C)c4)c3)ccc2O)cc(C(C)(C)CCC(C)(C)c2cc(CCC(=O)OCC(C)(C)C3OCC4(COC(C(C)(C)COC(=O)CCc5cc(C(C)(C)C)c(O)c(C(C)(C)C)c5)OC4)CO3)cc(C(C)(C)C)c2O)c1O. The van der Waals surface area contributed by atoms with Crippen LogP contribution in [0.15, 0.2) is 95.1 Å². The molecule has 0 atom stereocenters. The smallest absolute Gasteiger partial charge is 0.306 e. The summed E-state index contributed by atoms with van der Waals surface area (Å²) in [6.45, 7) is 52.5. The van der Waals surface area contributed by atoms with Crippen LogP contribution in [0, 0.1) is 16.2 Å². The Morgan fingerprint density at radius 1 is 0.410 bits per heavy atom. The molecular formula is C97H136N4O16. The van der Waals surface area contributed by atoms with E-state index in [0.717, 1.165) is 77.9 Å². The van der Waals surface area contributed by atoms with Crippen LogP contribution in [-0.4, -0.2) is 119 Å². The molecule has 6 aromatic carbocycles. The van der Waals surface area contributed by atoms with Crippen LogP contribution in [0.5, 0.6) is 34.5 Å². The molecule has 2 amide bonds. The zero-order valence-electron chi connectivity index (χ0n) is 74.7. The molecule has 2 fully saturated rings. The molecule has 117 heavy (non-hydrogen) atoms. The number of amides is 2. The van der Waals surface area contributed by atoms with E-state index in [4.69, 9.17) is 28.4 Å². The first-order valence-electron chi connectivity index (χ1n) is 41.5. The van der Waals surface area contributed by atoms with E-state index >= 15 is 0 Å². The molecule has 1 spiro atoms. The highest BCUT2D eigenvalue weighted by Gasteiger charge is 2.49. The lowest BCUT2D eigenvalue weighted by atomic mass is 9.70. The third-order valence-electron chi connectivity index (χ3n) is 22.7. The van der Waals surface area contributed by atoms with Crippen molar-refractivity contribution in [1.29, 1.82) is 0 Å². The van der Waals surface area contributed by atoms with Gasteiger partial charge in [-0.05, 0) is 180 Å². The largest absolute Gasteiger partial charge is 0.507 e. The minimum absolute atomic E-state index is 0.0238. The quantitative estimate of drug-likeness (QED) is 0.0118. The second-order valence-corrected chi connectivity index (χ2v) is 41.1. The number of benzene rings is 6. The number of phenolic OH excluding ortho intramolecular Hbond substituents is 6. The number of hydrogen-bond acceptors (Lipinski definition) is 18. The topological polar surface area (TPSA) is 294 Å². The van der Waals surface area contributed by atoms with Gasteiger partial charge in [0.05, 0.1) is 44.3 Å². The van der Waals surface area contributed by atoms with Crippen molar-refractivity contribution in [2.45, 2.75) is 300 Å². The van der Waals surface area contributed by atoms with Gasteiger partial charge in [-0.1, -0.05) is 234 Å². The monoisotopic (exact) mass is 1610 g/mol. The van der Waals surface area contributed by atoms with Gasteiger partial charge in [0, 0.05) is 58.8 Å². The molecule has 8 N–H and O–H groups in total. The minimum Gasteiger partial charge on any atom is -0.507 e. The van der Waals surface area contributed by atoms with Gasteiger partial charge in [-0.3, -0.25) is 19.2 Å². The maximum absolute atomic E-state index is 13.7. The summed E-state index contributed by atoms with van der Waals surface area (Å²) < 4.78 is 37.2. The van der Waals surface area contributed by atoms with Crippen LogP contribution in [0.25, 0.3) is 0 Å². The Bertz CT molecular complexity index is 4510. The van der Waals surface area contributed by atoms with E-state index in [9.17, 15) is 49.8 Å². The third kappa shape index (κ3) is 24.9. The van der Waals surface area contributed by atoms with Crippen LogP contribution in [0.1, 0.15) is 307 Å². The summed E-state index contributed by atoms with van der Waals surface area (Å²) in [6, 6.07) is 26.0. The van der Waals surface area contributed by atoms with E-state index in [1.807, 2.05) is 132 Å². The van der Waals surface area contributed by atoms with E-state index < -0.39 is 45.1 Å². The molecule has 0 saturated carbocycles. The number of hydrogen-bond donors (Lipinski definition) is 8. The Morgan fingerprint density at radius 3 is 1.02 bits per heavy atom. The van der Waals surface area contributed by atoms with Crippen LogP contribution < -0.4 is 10.9 Å². The summed E-state index contributed by atoms with van der Waals surface area (Å²) in [6.07, 6.45) is 5.26. The maximum Gasteiger partial charge on any atom is 0.306 e. The maximum atomic E-state index is 13.7. The Balaban J connectivity index is 0.805. The first-order chi connectivity index (χ1) is 54.0. The fourth-order valence-corrected chi connectivity index (χ4v) is 15.0. The van der Waals surface area contributed by atoms with Gasteiger partial charge in [0.15, 0.2) is 12.6 Å². The van der Waals surface area contributed by atoms with Crippen molar-refractivity contribution >= 4 is 36.2 Å². The summed E-state index contributed by atoms with van der Waals surface area (Å²) in [5.74, 6) is -0.450. The van der Waals surface area contributed by atoms with Crippen molar-refractivity contribution in [3.05, 3.63) is 174 Å². The number of aryl methyl sites for hydroxylation is 4. The zero-order chi connectivity index (χ0) is 87.1. The Hall–Kier alpha value is -8.82. The molecule has 8 rings (SSSR count). The summed E-state index contributed by atoms with van der Waals surface area (Å²) in [5, 5.41) is 76.5. The molecule has 0 bridgehead atoms. The summed E-state index contributed by atoms with van der Waals surface area (Å²) in [4.78, 5) is 53.4. The van der Waals surface area contributed by atoms with Gasteiger partial charge in [-0.15, -0.1) is 0 Å². The van der Waals surface area contributed by atoms with E-state index in [1.54, 1.807) is 36.4 Å². The number of aromatic hydroxyl groups is 6. The fourth-order valence-electron chi connectivity index (χ4n) is 15.0. The number of carbonyl (C=O) groups excluding carboxylic acids is 4. The number of rotatable bonds is 30. The molecule has 2 aliphatic rings. The van der Waals surface area contributed by atoms with E-state index in [-0.39, 0.29) is 119 Å². The van der Waals surface area contributed by atoms with Gasteiger partial charge in [-0.2, -0.15) is 10.2 Å². The molecule has 640 valence electrons. The predicted molar refractivity (Wildman–Crippen MR) is 462 cm³/mol. The van der Waals surface area contributed by atoms with Gasteiger partial charge in [0.25, 0.3) is 0 Å². The molecule has 2 heterocycles. The second kappa shape index (κ2) is 36.8. The van der Waals surface area contributed by atoms with E-state index in [1.165, 1.54) is 12.4 Å². The van der Waals surface area contributed by atoms with Gasteiger partial charge in [-0.25, -0.2) is 10.9 Å². The number of nitrogens with one attached hydrogen (secondary N) is 2. The molecular weight excluding hydrogens is 1480 g/mol. The minimum atomic E-state index is -0.714. The van der Waals surface area contributed by atoms with Crippen LogP contribution in [0.4, 0.5) is 0 Å². The molecule has 0 radical (unpaired) electrons. The lowest BCUT2D eigenvalue weighted by molar-refractivity contribution is -0.337. The van der Waals surface area contributed by atoms with Crippen molar-refractivity contribution in [1.82, 2.24) is 10.9 Å². The highest BCUT2D eigenvalue weighted by molar-refractivity contribution is 5.87. The second-order valence-electron chi connectivity index (χ2n) is 41.1. The van der Waals surface area contributed by atoms with Crippen LogP contribution >= 0.6 is 0 Å². The number of nitrogens with zero attached hydrogens (tertiary/aromatic N) is 2. The molecule has 2 aliphatic heterocycles. The van der Waals surface area contributed by atoms with Gasteiger partial charge >= 0.3 is 11.9 Å². The van der Waals surface area contributed by atoms with Crippen LogP contribution in [0.2, 0.25) is 0 Å². The van der Waals surface area contributed by atoms with Crippen LogP contribution in [0.3, 0.4) is 0 Å². The van der Waals surface area contributed by atoms with Gasteiger partial charge in [0.1, 0.15) is 47.7 Å². The lowest BCUT2D eigenvalue weighted by Crippen LogP contribution is -2.57. The van der Waals surface area contributed by atoms with Crippen molar-refractivity contribution in [3.63, 3.8) is 0 Å². The highest BCUT2D eigenvalue weighted by atomic mass is 16.7. The summed E-state index contributed by atoms with van der Waals surface area (Å²) in [5.41, 5.74) is 13.0. The molecule has 2 saturated heterocycles. The molecule has 20 heteroatoms. The summed E-state index contributed by atoms with van der Waals surface area (Å²) >= 11 is 0. The van der Waals surface area contributed by atoms with Gasteiger partial charge in [0.2, 0.25) is 11.8 Å². The van der Waals surface area contributed by atoms with Crippen LogP contribution in [-0.2, 0) is 118 Å². The number of phenols is 6. The standard InChI is InChI=1S/C97H136N4O16/c1-59(2)68-43-62(28-34-78(104)100-98-51-66-41-60(26-32-76(66)102)40-61-27-33-77(103)67(42-61)52-99-101-79(105)35-29-63-44-69(88(3,4)5)83(109)70(45-63)89(6,7)8)49-74(82(68)108)93(18,19)38-39-94(20,21)75-50-65(48-73(85(75)111)92(15,16)17)31-37-81(107)113-54-96(24,25)87-116-57-97(58-117-87)55-114-86(115-56-97)95(22,23)53-112-80(106)36-30-64-46-71(90(9,10)11)84(110)72(47-64)91(12,13)14/h26-27,32-33,41-52,59,86-87,102-103,108-111H,28-31,34-40,53-58H2,1-25H3,(H,100,104)(H,101,105)/b98-51+,99-52+. The Labute approximate surface area is 696 Å². The molecule has 20 nitrogen and oxygen atoms in total. The van der Waals surface area contributed by atoms with E-state index in [0.29, 0.717) is 88.2 Å². The number of hydrazone groups is 2. The highest BCUT2D eigenvalue weighted by Crippen LogP contribution is 2.48. The Morgan fingerprint density at radius 2 is 0.701 bits per heavy atom. The number of ether oxygens (including phenoxy) is 6. The van der Waals surface area contributed by atoms with Crippen molar-refractivity contribution in [2.75, 3.05) is 39.6 Å². The molecule has 0 unspecified atom stereocenters. The van der Waals surface area contributed by atoms with Crippen molar-refractivity contribution in [3.8, 4) is 34.5 Å². The zero-order valence-corrected chi connectivity index (χ0v) is 74.7. The van der Waals surface area contributed by atoms with Crippen molar-refractivity contribution < 1.29 is 78.2 Å². The molecule has 0 aliphatic carbocycles. The Kier molecular flexibility index (Phi) is 29.5. The predicted octanol–water partition coefficient (Wildman–Crippen LogP) is 18.8. The average molecular weight is 1610 g/mol. The summed E-state index contributed by atoms with van der Waals surface area (Å²) in [7, 11) is 0. The number of carbonyl (C=O) groups is 4. The molecule has 0 aromatic heterocycles. The normalized spacial score (nSPS) is 17.0. The van der Waals surface area contributed by atoms with Gasteiger partial charge < -0.3 is 59.1 Å². The lowest BCUT2D eigenvalue weighted by Gasteiger charge is -2.48. The first-order valence-corrected chi connectivity index (χ1v) is 41.5. The third-order valence-corrected chi connectivity index (χ3v) is 22.7. The molecule has 6 aromatic rings. The fraction of sp³-hybridized carbons (Fsp3) is 0.567. The van der Waals surface area contributed by atoms with E-state index in [2.05, 4.69) is 111 Å². The first kappa shape index (κ1) is 93.7. The van der Waals surface area contributed by atoms with Crippen molar-refractivity contribution in [2.24, 2.45) is 26.4 Å². The number of esters is 2.